The molecule has 0 spiro atoms. The van der Waals surface area contributed by atoms with Gasteiger partial charge in [0.15, 0.2) is 0 Å². The molecule has 88 valence electrons. The van der Waals surface area contributed by atoms with Gasteiger partial charge in [-0.05, 0) is 48.7 Å². The average Bonchev–Trinajstić information content (AvgIpc) is 2.21. The molecule has 0 amide bonds. The quantitative estimate of drug-likeness (QED) is 0.372. The van der Waals surface area contributed by atoms with Crippen LogP contribution in [0.25, 0.3) is 0 Å². The lowest BCUT2D eigenvalue weighted by atomic mass is 10.3. The Labute approximate surface area is 112 Å². The van der Waals surface area contributed by atoms with Gasteiger partial charge in [-0.2, -0.15) is 50.5 Å². The molecule has 0 fully saturated rings. The van der Waals surface area contributed by atoms with E-state index in [2.05, 4.69) is 50.5 Å². The Morgan fingerprint density at radius 2 is 0.571 bits per heavy atom. The Bertz CT molecular complexity index is 60.5. The molecule has 0 N–H and O–H groups in total. The standard InChI is InChI=1S/2C5H12S2/c2*6-4-2-1-3-5-7/h2*6-7H,1-5H2. The number of unbranched alkanes of at least 4 members (excludes halogenated alkanes) is 4. The Morgan fingerprint density at radius 3 is 0.714 bits per heavy atom. The summed E-state index contributed by atoms with van der Waals surface area (Å²) in [7, 11) is 0. The maximum absolute atomic E-state index is 4.07. The van der Waals surface area contributed by atoms with Gasteiger partial charge in [-0.25, -0.2) is 0 Å². The summed E-state index contributed by atoms with van der Waals surface area (Å²) in [6, 6.07) is 0. The fourth-order valence-corrected chi connectivity index (χ4v) is 1.70. The van der Waals surface area contributed by atoms with Gasteiger partial charge in [0.1, 0.15) is 0 Å². The van der Waals surface area contributed by atoms with Gasteiger partial charge < -0.3 is 0 Å². The van der Waals surface area contributed by atoms with E-state index in [1.807, 2.05) is 0 Å². The molecule has 14 heavy (non-hydrogen) atoms. The summed E-state index contributed by atoms with van der Waals surface area (Å²) in [5.41, 5.74) is 0. The van der Waals surface area contributed by atoms with Crippen LogP contribution < -0.4 is 0 Å². The predicted octanol–water partition coefficient (Wildman–Crippen LogP) is 4.03. The van der Waals surface area contributed by atoms with Gasteiger partial charge in [0.2, 0.25) is 0 Å². The van der Waals surface area contributed by atoms with Crippen LogP contribution in [0.1, 0.15) is 38.5 Å². The highest BCUT2D eigenvalue weighted by molar-refractivity contribution is 7.80. The third kappa shape index (κ3) is 23.3. The fourth-order valence-electron chi connectivity index (χ4n) is 0.801. The Balaban J connectivity index is 0. The van der Waals surface area contributed by atoms with E-state index in [4.69, 9.17) is 0 Å². The van der Waals surface area contributed by atoms with Gasteiger partial charge >= 0.3 is 0 Å². The SMILES string of the molecule is SCCCCCS.SCCCCCS. The van der Waals surface area contributed by atoms with Crippen molar-refractivity contribution in [2.24, 2.45) is 0 Å². The lowest BCUT2D eigenvalue weighted by molar-refractivity contribution is 0.788. The lowest BCUT2D eigenvalue weighted by Gasteiger charge is -1.90. The summed E-state index contributed by atoms with van der Waals surface area (Å²) in [4.78, 5) is 0. The van der Waals surface area contributed by atoms with E-state index in [1.165, 1.54) is 38.5 Å². The minimum absolute atomic E-state index is 1.02. The third-order valence-corrected chi connectivity index (χ3v) is 2.90. The normalized spacial score (nSPS) is 9.43. The van der Waals surface area contributed by atoms with Crippen molar-refractivity contribution in [1.82, 2.24) is 0 Å². The first kappa shape index (κ1) is 17.8. The van der Waals surface area contributed by atoms with Gasteiger partial charge in [-0.1, -0.05) is 12.8 Å². The van der Waals surface area contributed by atoms with E-state index < -0.39 is 0 Å². The first-order chi connectivity index (χ1) is 6.83. The summed E-state index contributed by atoms with van der Waals surface area (Å²) in [5.74, 6) is 4.09. The van der Waals surface area contributed by atoms with Gasteiger partial charge in [0.05, 0.1) is 0 Å². The third-order valence-electron chi connectivity index (χ3n) is 1.63. The molecule has 0 aliphatic carbocycles. The van der Waals surface area contributed by atoms with Crippen molar-refractivity contribution in [2.45, 2.75) is 38.5 Å². The van der Waals surface area contributed by atoms with Crippen LogP contribution in [-0.2, 0) is 0 Å². The number of hydrogen-bond acceptors (Lipinski definition) is 4. The van der Waals surface area contributed by atoms with Crippen molar-refractivity contribution in [1.29, 1.82) is 0 Å². The zero-order valence-corrected chi connectivity index (χ0v) is 12.4. The molecular weight excluding hydrogens is 248 g/mol. The molecular formula is C10H24S4. The van der Waals surface area contributed by atoms with Gasteiger partial charge in [-0.3, -0.25) is 0 Å². The first-order valence-electron chi connectivity index (χ1n) is 5.26. The second-order valence-corrected chi connectivity index (χ2v) is 4.80. The van der Waals surface area contributed by atoms with Crippen molar-refractivity contribution >= 4 is 50.5 Å². The molecule has 0 heterocycles. The van der Waals surface area contributed by atoms with Crippen LogP contribution in [0.3, 0.4) is 0 Å². The molecule has 0 unspecified atom stereocenters. The monoisotopic (exact) mass is 272 g/mol. The van der Waals surface area contributed by atoms with Crippen molar-refractivity contribution in [3.63, 3.8) is 0 Å². The minimum atomic E-state index is 1.02. The van der Waals surface area contributed by atoms with E-state index in [0.29, 0.717) is 0 Å². The Morgan fingerprint density at radius 1 is 0.357 bits per heavy atom. The molecule has 0 aliphatic rings. The van der Waals surface area contributed by atoms with Gasteiger partial charge in [0.25, 0.3) is 0 Å². The maximum atomic E-state index is 4.07. The van der Waals surface area contributed by atoms with E-state index in [-0.39, 0.29) is 0 Å². The molecule has 0 radical (unpaired) electrons. The van der Waals surface area contributed by atoms with Gasteiger partial charge in [-0.15, -0.1) is 0 Å². The highest BCUT2D eigenvalue weighted by Crippen LogP contribution is 1.97. The van der Waals surface area contributed by atoms with Crippen LogP contribution in [0.5, 0.6) is 0 Å². The summed E-state index contributed by atoms with van der Waals surface area (Å²) >= 11 is 16.3. The van der Waals surface area contributed by atoms with Crippen LogP contribution >= 0.6 is 50.5 Å². The lowest BCUT2D eigenvalue weighted by Crippen LogP contribution is -1.77. The van der Waals surface area contributed by atoms with Crippen molar-refractivity contribution < 1.29 is 0 Å². The molecule has 0 aromatic carbocycles. The summed E-state index contributed by atoms with van der Waals surface area (Å²) in [6.45, 7) is 0. The van der Waals surface area contributed by atoms with E-state index >= 15 is 0 Å². The topological polar surface area (TPSA) is 0 Å². The molecule has 0 saturated heterocycles. The van der Waals surface area contributed by atoms with Crippen molar-refractivity contribution in [3.8, 4) is 0 Å². The van der Waals surface area contributed by atoms with E-state index in [1.54, 1.807) is 0 Å². The van der Waals surface area contributed by atoms with Crippen LogP contribution in [0.15, 0.2) is 0 Å². The Kier molecular flexibility index (Phi) is 25.3. The molecule has 0 aliphatic heterocycles. The fraction of sp³-hybridized carbons (Fsp3) is 1.00. The molecule has 0 rings (SSSR count). The second-order valence-electron chi connectivity index (χ2n) is 3.02. The molecule has 0 bridgehead atoms. The minimum Gasteiger partial charge on any atom is -0.179 e. The Hall–Kier alpha value is 1.40. The predicted molar refractivity (Wildman–Crippen MR) is 83.1 cm³/mol. The van der Waals surface area contributed by atoms with Crippen LogP contribution in [0.4, 0.5) is 0 Å². The first-order valence-corrected chi connectivity index (χ1v) is 7.79. The van der Waals surface area contributed by atoms with Crippen molar-refractivity contribution in [3.05, 3.63) is 0 Å². The summed E-state index contributed by atoms with van der Waals surface area (Å²) in [6.07, 6.45) is 7.53. The highest BCUT2D eigenvalue weighted by atomic mass is 32.1. The number of thiol groups is 4. The number of hydrogen-bond donors (Lipinski definition) is 4. The molecule has 4 heteroatoms. The summed E-state index contributed by atoms with van der Waals surface area (Å²) in [5, 5.41) is 0. The maximum Gasteiger partial charge on any atom is -0.00979 e. The van der Waals surface area contributed by atoms with E-state index in [0.717, 1.165) is 23.0 Å². The van der Waals surface area contributed by atoms with E-state index in [9.17, 15) is 0 Å². The van der Waals surface area contributed by atoms with Crippen LogP contribution in [0, 0.1) is 0 Å². The molecule has 0 aromatic rings. The smallest absolute Gasteiger partial charge is 0.00979 e. The highest BCUT2D eigenvalue weighted by Gasteiger charge is 1.81. The van der Waals surface area contributed by atoms with Crippen molar-refractivity contribution in [2.75, 3.05) is 23.0 Å². The number of rotatable bonds is 8. The molecule has 0 saturated carbocycles. The van der Waals surface area contributed by atoms with Gasteiger partial charge in [0, 0.05) is 0 Å². The summed E-state index contributed by atoms with van der Waals surface area (Å²) < 4.78 is 0. The molecule has 0 nitrogen and oxygen atoms in total. The van der Waals surface area contributed by atoms with Crippen LogP contribution in [0.2, 0.25) is 0 Å². The molecule has 0 atom stereocenters. The second kappa shape index (κ2) is 19.9. The van der Waals surface area contributed by atoms with Crippen LogP contribution in [-0.4, -0.2) is 23.0 Å². The average molecular weight is 273 g/mol. The largest absolute Gasteiger partial charge is 0.179 e. The zero-order valence-electron chi connectivity index (χ0n) is 8.86. The zero-order chi connectivity index (χ0) is 11.1. The molecule has 0 aromatic heterocycles.